The molecule has 5 rings (SSSR count). The number of halogens is 3. The van der Waals surface area contributed by atoms with Crippen LogP contribution in [-0.4, -0.2) is 62.7 Å². The Morgan fingerprint density at radius 1 is 1.26 bits per heavy atom. The third-order valence-corrected chi connectivity index (χ3v) is 6.93. The molecule has 2 aromatic heterocycles. The molecule has 0 radical (unpaired) electrons. The highest BCUT2D eigenvalue weighted by Crippen LogP contribution is 2.45. The molecule has 2 aliphatic heterocycles. The number of amides is 1. The van der Waals surface area contributed by atoms with Gasteiger partial charge >= 0.3 is 12.5 Å². The summed E-state index contributed by atoms with van der Waals surface area (Å²) in [4.78, 5) is 23.4. The second kappa shape index (κ2) is 7.73. The summed E-state index contributed by atoms with van der Waals surface area (Å²) >= 11 is 1.26. The first kappa shape index (κ1) is 22.7. The van der Waals surface area contributed by atoms with Gasteiger partial charge in [-0.1, -0.05) is 0 Å². The number of carboxylic acid groups (broad SMARTS) is 1. The van der Waals surface area contributed by atoms with Gasteiger partial charge in [-0.25, -0.2) is 9.78 Å². The molecule has 2 aliphatic rings. The van der Waals surface area contributed by atoms with Gasteiger partial charge in [0.15, 0.2) is 16.8 Å². The van der Waals surface area contributed by atoms with Gasteiger partial charge in [0.05, 0.1) is 23.2 Å². The van der Waals surface area contributed by atoms with E-state index in [0.717, 1.165) is 0 Å². The average molecular weight is 498 g/mol. The first-order chi connectivity index (χ1) is 15.9. The van der Waals surface area contributed by atoms with Gasteiger partial charge in [0.1, 0.15) is 5.01 Å². The molecule has 2 bridgehead atoms. The van der Waals surface area contributed by atoms with Crippen molar-refractivity contribution in [3.8, 4) is 16.3 Å². The number of alkyl halides is 3. The molecule has 182 valence electrons. The minimum Gasteiger partial charge on any atom is -0.465 e. The molecule has 0 aliphatic carbocycles. The van der Waals surface area contributed by atoms with Crippen molar-refractivity contribution in [3.05, 3.63) is 23.2 Å². The van der Waals surface area contributed by atoms with Crippen molar-refractivity contribution >= 4 is 34.5 Å². The number of piperazine rings is 1. The topological polar surface area (TPSA) is 112 Å². The molecule has 0 saturated carbocycles. The van der Waals surface area contributed by atoms with Crippen LogP contribution in [-0.2, 0) is 5.60 Å². The van der Waals surface area contributed by atoms with Gasteiger partial charge in [-0.2, -0.15) is 4.98 Å². The Kier molecular flexibility index (Phi) is 5.17. The fraction of sp³-hybridized carbons (Fsp3) is 0.476. The van der Waals surface area contributed by atoms with E-state index in [1.54, 1.807) is 16.5 Å². The largest absolute Gasteiger partial charge is 0.573 e. The van der Waals surface area contributed by atoms with Crippen LogP contribution < -0.4 is 9.64 Å². The second-order valence-corrected chi connectivity index (χ2v) is 9.79. The lowest BCUT2D eigenvalue weighted by atomic mass is 9.94. The molecule has 4 heterocycles. The summed E-state index contributed by atoms with van der Waals surface area (Å²) in [7, 11) is 0. The van der Waals surface area contributed by atoms with E-state index in [-0.39, 0.29) is 34.8 Å². The van der Waals surface area contributed by atoms with Gasteiger partial charge in [0.2, 0.25) is 0 Å². The maximum Gasteiger partial charge on any atom is 0.573 e. The van der Waals surface area contributed by atoms with Gasteiger partial charge in [0, 0.05) is 30.2 Å². The Balaban J connectivity index is 1.67. The molecule has 2 saturated heterocycles. The average Bonchev–Trinajstić information content (AvgIpc) is 3.44. The zero-order valence-electron chi connectivity index (χ0n) is 18.2. The minimum absolute atomic E-state index is 0.0465. The van der Waals surface area contributed by atoms with Crippen LogP contribution in [0.4, 0.5) is 24.0 Å². The molecule has 1 amide bonds. The highest BCUT2D eigenvalue weighted by molar-refractivity contribution is 7.13. The number of hydrogen-bond donors (Lipinski definition) is 2. The minimum atomic E-state index is -5.03. The lowest BCUT2D eigenvalue weighted by molar-refractivity contribution is -0.274. The van der Waals surface area contributed by atoms with Crippen molar-refractivity contribution < 1.29 is 37.3 Å². The lowest BCUT2D eigenvalue weighted by Crippen LogP contribution is -2.55. The molecule has 1 aromatic carbocycles. The van der Waals surface area contributed by atoms with Crippen LogP contribution in [0.2, 0.25) is 0 Å². The first-order valence-electron chi connectivity index (χ1n) is 10.5. The third kappa shape index (κ3) is 3.92. The molecule has 2 atom stereocenters. The number of anilines is 1. The van der Waals surface area contributed by atoms with E-state index in [0.29, 0.717) is 36.5 Å². The fourth-order valence-electron chi connectivity index (χ4n) is 4.74. The lowest BCUT2D eigenvalue weighted by Gasteiger charge is -2.38. The van der Waals surface area contributed by atoms with Crippen LogP contribution in [0.15, 0.2) is 22.1 Å². The number of carbonyl (C=O) groups is 1. The normalized spacial score (nSPS) is 20.9. The maximum atomic E-state index is 13.4. The number of fused-ring (bicyclic) bond motifs is 3. The van der Waals surface area contributed by atoms with Gasteiger partial charge in [0.25, 0.3) is 6.01 Å². The van der Waals surface area contributed by atoms with E-state index < -0.39 is 23.8 Å². The molecule has 3 aromatic rings. The van der Waals surface area contributed by atoms with E-state index in [2.05, 4.69) is 14.7 Å². The fourth-order valence-corrected chi connectivity index (χ4v) is 5.39. The van der Waals surface area contributed by atoms with Crippen LogP contribution >= 0.6 is 11.3 Å². The van der Waals surface area contributed by atoms with Crippen LogP contribution in [0.5, 0.6) is 5.75 Å². The summed E-state index contributed by atoms with van der Waals surface area (Å²) in [5.41, 5.74) is -1.57. The summed E-state index contributed by atoms with van der Waals surface area (Å²) in [6.07, 6.45) is -3.10. The monoisotopic (exact) mass is 498 g/mol. The SMILES string of the molecule is CC(C)(O)c1cc(-c2nccs2)c2oc(N3CC4CCC(C3)N4C(=O)O)nc2c1OC(F)(F)F. The molecule has 2 fully saturated rings. The van der Waals surface area contributed by atoms with Crippen molar-refractivity contribution in [2.75, 3.05) is 18.0 Å². The van der Waals surface area contributed by atoms with E-state index >= 15 is 0 Å². The Morgan fingerprint density at radius 3 is 2.47 bits per heavy atom. The predicted molar refractivity (Wildman–Crippen MR) is 116 cm³/mol. The number of thiazole rings is 1. The number of ether oxygens (including phenoxy) is 1. The van der Waals surface area contributed by atoms with E-state index in [9.17, 15) is 28.2 Å². The summed E-state index contributed by atoms with van der Waals surface area (Å²) in [6, 6.07) is 0.920. The quantitative estimate of drug-likeness (QED) is 0.544. The van der Waals surface area contributed by atoms with Crippen LogP contribution in [0, 0.1) is 0 Å². The Labute approximate surface area is 195 Å². The molecule has 2 N–H and O–H groups in total. The Bertz CT molecular complexity index is 1220. The number of hydrogen-bond acceptors (Lipinski definition) is 8. The van der Waals surface area contributed by atoms with E-state index in [1.807, 2.05) is 0 Å². The number of aliphatic hydroxyl groups is 1. The van der Waals surface area contributed by atoms with Gasteiger partial charge in [-0.05, 0) is 32.8 Å². The summed E-state index contributed by atoms with van der Waals surface area (Å²) in [5.74, 6) is -0.641. The maximum absolute atomic E-state index is 13.4. The number of aromatic nitrogens is 2. The first-order valence-corrected chi connectivity index (χ1v) is 11.4. The summed E-state index contributed by atoms with van der Waals surface area (Å²) in [5, 5.41) is 22.4. The summed E-state index contributed by atoms with van der Waals surface area (Å²) in [6.45, 7) is 3.31. The van der Waals surface area contributed by atoms with Crippen molar-refractivity contribution in [2.24, 2.45) is 0 Å². The van der Waals surface area contributed by atoms with Crippen molar-refractivity contribution in [3.63, 3.8) is 0 Å². The van der Waals surface area contributed by atoms with Crippen LogP contribution in [0.3, 0.4) is 0 Å². The van der Waals surface area contributed by atoms with Gasteiger partial charge < -0.3 is 24.3 Å². The van der Waals surface area contributed by atoms with Crippen molar-refractivity contribution in [1.29, 1.82) is 0 Å². The molecular weight excluding hydrogens is 477 g/mol. The van der Waals surface area contributed by atoms with Gasteiger partial charge in [-0.15, -0.1) is 24.5 Å². The second-order valence-electron chi connectivity index (χ2n) is 8.90. The van der Waals surface area contributed by atoms with E-state index in [4.69, 9.17) is 4.42 Å². The standard InChI is InChI=1S/C21H21F3N4O5S/c1-20(2,31)13-7-12(17-25-5-6-34-17)15-14(16(13)33-21(22,23)24)26-18(32-15)27-8-10-3-4-11(9-27)28(10)19(29)30/h5-7,10-11,31H,3-4,8-9H2,1-2H3,(H,29,30). The zero-order chi connectivity index (χ0) is 24.4. The number of oxazole rings is 1. The molecule has 13 heteroatoms. The zero-order valence-corrected chi connectivity index (χ0v) is 19.0. The van der Waals surface area contributed by atoms with Crippen LogP contribution in [0.1, 0.15) is 32.3 Å². The number of nitrogens with zero attached hydrogens (tertiary/aromatic N) is 4. The molecular formula is C21H21F3N4O5S. The third-order valence-electron chi connectivity index (χ3n) is 6.12. The molecule has 0 spiro atoms. The number of benzene rings is 1. The Morgan fingerprint density at radius 2 is 1.94 bits per heavy atom. The molecule has 2 unspecified atom stereocenters. The smallest absolute Gasteiger partial charge is 0.465 e. The van der Waals surface area contributed by atoms with Crippen LogP contribution in [0.25, 0.3) is 21.7 Å². The molecule has 34 heavy (non-hydrogen) atoms. The predicted octanol–water partition coefficient (Wildman–Crippen LogP) is 4.41. The van der Waals surface area contributed by atoms with Crippen molar-refractivity contribution in [1.82, 2.24) is 14.9 Å². The van der Waals surface area contributed by atoms with Gasteiger partial charge in [-0.3, -0.25) is 4.90 Å². The Hall–Kier alpha value is -3.06. The van der Waals surface area contributed by atoms with E-state index in [1.165, 1.54) is 36.2 Å². The highest BCUT2D eigenvalue weighted by atomic mass is 32.1. The van der Waals surface area contributed by atoms with Crippen molar-refractivity contribution in [2.45, 2.75) is 50.7 Å². The molecule has 9 nitrogen and oxygen atoms in total. The number of rotatable bonds is 4. The summed E-state index contributed by atoms with van der Waals surface area (Å²) < 4.78 is 50.4. The highest BCUT2D eigenvalue weighted by Gasteiger charge is 2.44.